The zero-order chi connectivity index (χ0) is 24.1. The molecule has 5 rings (SSSR count). The molecule has 4 unspecified atom stereocenters. The molecule has 0 spiro atoms. The minimum absolute atomic E-state index is 0.0359. The SMILES string of the molecule is CC(N)=C1C(=Nc2cccnc2C)C(C2C=CC(Cl)=CC2)N(c2cc(Cl)c(=O)n(C)c2)C2OC12. The molecular weight excluding hydrogens is 473 g/mol. The molecule has 0 aromatic carbocycles. The maximum Gasteiger partial charge on any atom is 0.269 e. The van der Waals surface area contributed by atoms with Crippen molar-refractivity contribution in [2.45, 2.75) is 38.6 Å². The largest absolute Gasteiger partial charge is 0.402 e. The Hall–Kier alpha value is -2.87. The molecule has 0 amide bonds. The number of nitrogens with two attached hydrogens (primary N) is 1. The number of ether oxygens (including phenoxy) is 1. The van der Waals surface area contributed by atoms with E-state index >= 15 is 0 Å². The van der Waals surface area contributed by atoms with Gasteiger partial charge in [-0.1, -0.05) is 35.4 Å². The summed E-state index contributed by atoms with van der Waals surface area (Å²) in [4.78, 5) is 24.0. The third kappa shape index (κ3) is 3.98. The van der Waals surface area contributed by atoms with Gasteiger partial charge in [-0.05, 0) is 44.5 Å². The molecule has 176 valence electrons. The number of aryl methyl sites for hydroxylation is 2. The van der Waals surface area contributed by atoms with Crippen molar-refractivity contribution in [3.05, 3.63) is 86.2 Å². The van der Waals surface area contributed by atoms with Crippen molar-refractivity contribution in [1.29, 1.82) is 0 Å². The van der Waals surface area contributed by atoms with E-state index in [1.165, 1.54) is 4.57 Å². The number of hydrogen-bond acceptors (Lipinski definition) is 6. The quantitative estimate of drug-likeness (QED) is 0.636. The number of allylic oxidation sites excluding steroid dienone is 4. The summed E-state index contributed by atoms with van der Waals surface area (Å²) in [5, 5.41) is 0.854. The number of nitrogens with zero attached hydrogens (tertiary/aromatic N) is 4. The van der Waals surface area contributed by atoms with Crippen LogP contribution in [0, 0.1) is 12.8 Å². The monoisotopic (exact) mass is 497 g/mol. The van der Waals surface area contributed by atoms with Crippen LogP contribution in [0.2, 0.25) is 5.02 Å². The van der Waals surface area contributed by atoms with Crippen LogP contribution in [0.3, 0.4) is 0 Å². The number of epoxide rings is 1. The summed E-state index contributed by atoms with van der Waals surface area (Å²) in [6, 6.07) is 5.27. The zero-order valence-electron chi connectivity index (χ0n) is 19.1. The second-order valence-electron chi connectivity index (χ2n) is 8.81. The number of aromatic nitrogens is 2. The summed E-state index contributed by atoms with van der Waals surface area (Å²) in [6.45, 7) is 3.81. The molecule has 2 aromatic heterocycles. The second kappa shape index (κ2) is 8.73. The number of halogens is 2. The van der Waals surface area contributed by atoms with Crippen LogP contribution in [0.5, 0.6) is 0 Å². The van der Waals surface area contributed by atoms with Crippen molar-refractivity contribution in [2.24, 2.45) is 23.7 Å². The van der Waals surface area contributed by atoms with E-state index in [9.17, 15) is 4.79 Å². The molecule has 2 fully saturated rings. The number of aliphatic imine (C=N–C) groups is 1. The molecule has 0 bridgehead atoms. The number of piperidine rings is 1. The van der Waals surface area contributed by atoms with Crippen molar-refractivity contribution < 1.29 is 4.74 Å². The van der Waals surface area contributed by atoms with Crippen molar-refractivity contribution in [1.82, 2.24) is 9.55 Å². The normalized spacial score (nSPS) is 28.6. The summed E-state index contributed by atoms with van der Waals surface area (Å²) in [5.74, 6) is 0.0359. The summed E-state index contributed by atoms with van der Waals surface area (Å²) >= 11 is 12.6. The molecule has 2 aromatic rings. The van der Waals surface area contributed by atoms with E-state index in [0.29, 0.717) is 10.7 Å². The van der Waals surface area contributed by atoms with Gasteiger partial charge in [-0.15, -0.1) is 0 Å². The molecule has 2 aliphatic heterocycles. The van der Waals surface area contributed by atoms with E-state index < -0.39 is 0 Å². The van der Waals surface area contributed by atoms with Gasteiger partial charge in [-0.3, -0.25) is 9.78 Å². The average Bonchev–Trinajstić information content (AvgIpc) is 3.58. The summed E-state index contributed by atoms with van der Waals surface area (Å²) < 4.78 is 7.65. The fourth-order valence-corrected chi connectivity index (χ4v) is 5.16. The maximum atomic E-state index is 12.3. The molecular formula is C25H25Cl2N5O2. The Kier molecular flexibility index (Phi) is 5.88. The van der Waals surface area contributed by atoms with Gasteiger partial charge < -0.3 is 19.9 Å². The van der Waals surface area contributed by atoms with E-state index in [1.54, 1.807) is 25.5 Å². The zero-order valence-corrected chi connectivity index (χ0v) is 20.6. The highest BCUT2D eigenvalue weighted by Gasteiger charge is 2.57. The molecule has 9 heteroatoms. The molecule has 3 aliphatic rings. The lowest BCUT2D eigenvalue weighted by Gasteiger charge is -2.41. The Bertz CT molecular complexity index is 1310. The molecule has 34 heavy (non-hydrogen) atoms. The minimum atomic E-state index is -0.252. The Labute approximate surface area is 207 Å². The first-order chi connectivity index (χ1) is 16.3. The van der Waals surface area contributed by atoms with Gasteiger partial charge in [0, 0.05) is 41.7 Å². The predicted octanol–water partition coefficient (Wildman–Crippen LogP) is 4.36. The first-order valence-electron chi connectivity index (χ1n) is 11.1. The third-order valence-electron chi connectivity index (χ3n) is 6.44. The van der Waals surface area contributed by atoms with Gasteiger partial charge in [0.05, 0.1) is 28.8 Å². The van der Waals surface area contributed by atoms with Gasteiger partial charge in [0.25, 0.3) is 5.56 Å². The van der Waals surface area contributed by atoms with Crippen molar-refractivity contribution >= 4 is 40.3 Å². The summed E-state index contributed by atoms with van der Waals surface area (Å²) in [7, 11) is 1.69. The molecule has 1 aliphatic carbocycles. The Morgan fingerprint density at radius 3 is 2.79 bits per heavy atom. The molecule has 4 atom stereocenters. The van der Waals surface area contributed by atoms with Crippen LogP contribution in [0.15, 0.2) is 74.9 Å². The van der Waals surface area contributed by atoms with Gasteiger partial charge >= 0.3 is 0 Å². The summed E-state index contributed by atoms with van der Waals surface area (Å²) in [5.41, 5.74) is 10.9. The minimum Gasteiger partial charge on any atom is -0.402 e. The number of pyridine rings is 2. The number of rotatable bonds is 3. The number of hydrogen-bond donors (Lipinski definition) is 1. The topological polar surface area (TPSA) is 89.0 Å². The third-order valence-corrected chi connectivity index (χ3v) is 7.00. The van der Waals surface area contributed by atoms with Gasteiger partial charge in [0.1, 0.15) is 11.1 Å². The van der Waals surface area contributed by atoms with E-state index in [-0.39, 0.29) is 34.9 Å². The molecule has 7 nitrogen and oxygen atoms in total. The predicted molar refractivity (Wildman–Crippen MR) is 136 cm³/mol. The average molecular weight is 498 g/mol. The first kappa shape index (κ1) is 22.9. The Morgan fingerprint density at radius 1 is 1.35 bits per heavy atom. The fraction of sp³-hybridized carbons (Fsp3) is 0.320. The van der Waals surface area contributed by atoms with Gasteiger partial charge in [0.15, 0.2) is 6.23 Å². The smallest absolute Gasteiger partial charge is 0.269 e. The maximum absolute atomic E-state index is 12.3. The van der Waals surface area contributed by atoms with Crippen molar-refractivity contribution in [3.63, 3.8) is 0 Å². The highest BCUT2D eigenvalue weighted by atomic mass is 35.5. The number of anilines is 1. The van der Waals surface area contributed by atoms with Crippen LogP contribution >= 0.6 is 23.2 Å². The lowest BCUT2D eigenvalue weighted by molar-refractivity contribution is 0.371. The fourth-order valence-electron chi connectivity index (χ4n) is 4.76. The molecule has 0 saturated carbocycles. The highest BCUT2D eigenvalue weighted by Crippen LogP contribution is 2.47. The van der Waals surface area contributed by atoms with Crippen LogP contribution in [-0.2, 0) is 11.8 Å². The molecule has 4 heterocycles. The molecule has 2 saturated heterocycles. The van der Waals surface area contributed by atoms with Crippen LogP contribution in [0.1, 0.15) is 19.0 Å². The van der Waals surface area contributed by atoms with E-state index in [4.69, 9.17) is 38.7 Å². The Balaban J connectivity index is 1.73. The molecule has 2 N–H and O–H groups in total. The lowest BCUT2D eigenvalue weighted by atomic mass is 9.81. The lowest BCUT2D eigenvalue weighted by Crippen LogP contribution is -2.53. The van der Waals surface area contributed by atoms with E-state index in [0.717, 1.165) is 34.8 Å². The van der Waals surface area contributed by atoms with Crippen LogP contribution in [0.4, 0.5) is 11.4 Å². The second-order valence-corrected chi connectivity index (χ2v) is 9.65. The van der Waals surface area contributed by atoms with Gasteiger partial charge in [0.2, 0.25) is 0 Å². The number of fused-ring (bicyclic) bond motifs is 1. The van der Waals surface area contributed by atoms with Gasteiger partial charge in [-0.2, -0.15) is 0 Å². The van der Waals surface area contributed by atoms with Crippen molar-refractivity contribution in [2.75, 3.05) is 4.90 Å². The summed E-state index contributed by atoms with van der Waals surface area (Å²) in [6.07, 6.45) is 9.80. The Morgan fingerprint density at radius 2 is 2.15 bits per heavy atom. The van der Waals surface area contributed by atoms with E-state index in [1.807, 2.05) is 38.1 Å². The molecule has 0 radical (unpaired) electrons. The standard InChI is InChI=1S/C25H25Cl2N5O2/c1-13(28)20-21(30-19-5-4-10-29-14(19)2)22(15-6-8-16(26)9-7-15)32(25-23(20)34-25)17-11-18(27)24(33)31(3)12-17/h4-6,8-12,15,22-23,25H,7,28H2,1-3H3. The van der Waals surface area contributed by atoms with Gasteiger partial charge in [-0.25, -0.2) is 4.99 Å². The van der Waals surface area contributed by atoms with Crippen LogP contribution in [0.25, 0.3) is 0 Å². The highest BCUT2D eigenvalue weighted by molar-refractivity contribution is 6.31. The van der Waals surface area contributed by atoms with Crippen molar-refractivity contribution in [3.8, 4) is 0 Å². The van der Waals surface area contributed by atoms with Crippen LogP contribution < -0.4 is 16.2 Å². The first-order valence-corrected chi connectivity index (χ1v) is 11.8. The van der Waals surface area contributed by atoms with Crippen LogP contribution in [-0.4, -0.2) is 33.6 Å². The van der Waals surface area contributed by atoms with E-state index in [2.05, 4.69) is 16.0 Å².